The number of anilines is 1. The van der Waals surface area contributed by atoms with Crippen LogP contribution in [0.25, 0.3) is 0 Å². The molecule has 1 unspecified atom stereocenters. The number of rotatable bonds is 6. The first-order chi connectivity index (χ1) is 21.4. The minimum Gasteiger partial charge on any atom is -0.497 e. The standard InChI is InChI=1S/C32H43F4N5O4S/c1-30(2,3)40-20-27(23-5-8-25(45-4)9-6-23)31(33,21-40)29(42)39-13-11-22(12-14-39)26-10-7-24(32(34,35)36)19-28(26)38-15-17-41(18-16-38)46(37,43)44/h5-10,19,22,27H,11-18,20-21H2,1-4H3,(H2,37,43,44)/t27?,31-/m0/s1. The number of halogens is 4. The maximum atomic E-state index is 17.2. The average Bonchev–Trinajstić information content (AvgIpc) is 3.39. The molecule has 0 spiro atoms. The van der Waals surface area contributed by atoms with Crippen molar-refractivity contribution in [1.29, 1.82) is 0 Å². The van der Waals surface area contributed by atoms with Gasteiger partial charge >= 0.3 is 6.18 Å². The largest absolute Gasteiger partial charge is 0.497 e. The van der Waals surface area contributed by atoms with Crippen LogP contribution in [0.4, 0.5) is 23.2 Å². The molecule has 3 fully saturated rings. The number of benzene rings is 2. The van der Waals surface area contributed by atoms with Gasteiger partial charge in [0.2, 0.25) is 5.67 Å². The predicted octanol–water partition coefficient (Wildman–Crippen LogP) is 4.35. The monoisotopic (exact) mass is 669 g/mol. The Hall–Kier alpha value is -2.94. The fourth-order valence-electron chi connectivity index (χ4n) is 6.93. The number of piperazine rings is 1. The van der Waals surface area contributed by atoms with Crippen molar-refractivity contribution >= 4 is 21.8 Å². The lowest BCUT2D eigenvalue weighted by Crippen LogP contribution is -2.53. The Kier molecular flexibility index (Phi) is 9.41. The van der Waals surface area contributed by atoms with E-state index in [2.05, 4.69) is 0 Å². The number of nitrogens with zero attached hydrogens (tertiary/aromatic N) is 4. The number of hydrogen-bond donors (Lipinski definition) is 1. The first kappa shape index (κ1) is 34.4. The van der Waals surface area contributed by atoms with Crippen molar-refractivity contribution in [3.8, 4) is 5.75 Å². The normalized spacial score (nSPS) is 24.4. The molecule has 3 aliphatic rings. The molecule has 3 saturated heterocycles. The molecule has 3 heterocycles. The average molecular weight is 670 g/mol. The molecule has 3 aliphatic heterocycles. The molecule has 254 valence electrons. The molecule has 0 aromatic heterocycles. The SMILES string of the molecule is COc1ccc(C2CN(C(C)(C)C)C[C@@]2(F)C(=O)N2CCC(c3ccc(C(F)(F)F)cc3N3CCN(S(N)(=O)=O)CC3)CC2)cc1. The zero-order valence-electron chi connectivity index (χ0n) is 26.7. The number of ether oxygens (including phenoxy) is 1. The highest BCUT2D eigenvalue weighted by atomic mass is 32.2. The summed E-state index contributed by atoms with van der Waals surface area (Å²) in [5, 5.41) is 5.26. The Morgan fingerprint density at radius 2 is 1.57 bits per heavy atom. The second-order valence-corrected chi connectivity index (χ2v) is 15.1. The molecule has 46 heavy (non-hydrogen) atoms. The van der Waals surface area contributed by atoms with Gasteiger partial charge in [0.15, 0.2) is 0 Å². The second kappa shape index (κ2) is 12.6. The van der Waals surface area contributed by atoms with Crippen molar-refractivity contribution in [1.82, 2.24) is 14.1 Å². The molecule has 5 rings (SSSR count). The van der Waals surface area contributed by atoms with Crippen molar-refractivity contribution in [2.45, 2.75) is 62.8 Å². The van der Waals surface area contributed by atoms with Gasteiger partial charge in [0, 0.05) is 69.5 Å². The molecule has 14 heteroatoms. The van der Waals surface area contributed by atoms with E-state index in [1.54, 1.807) is 41.2 Å². The van der Waals surface area contributed by atoms with Gasteiger partial charge in [0.05, 0.1) is 12.7 Å². The highest BCUT2D eigenvalue weighted by molar-refractivity contribution is 7.86. The molecule has 9 nitrogen and oxygen atoms in total. The first-order valence-electron chi connectivity index (χ1n) is 15.5. The predicted molar refractivity (Wildman–Crippen MR) is 168 cm³/mol. The quantitative estimate of drug-likeness (QED) is 0.460. The van der Waals surface area contributed by atoms with Gasteiger partial charge in [0.25, 0.3) is 16.1 Å². The zero-order chi connectivity index (χ0) is 33.7. The Bertz CT molecular complexity index is 1520. The molecule has 0 saturated carbocycles. The summed E-state index contributed by atoms with van der Waals surface area (Å²) < 4.78 is 88.3. The summed E-state index contributed by atoms with van der Waals surface area (Å²) >= 11 is 0. The summed E-state index contributed by atoms with van der Waals surface area (Å²) in [4.78, 5) is 19.4. The summed E-state index contributed by atoms with van der Waals surface area (Å²) in [6.07, 6.45) is -3.65. The number of alkyl halides is 4. The Morgan fingerprint density at radius 3 is 2.09 bits per heavy atom. The third-order valence-corrected chi connectivity index (χ3v) is 10.8. The van der Waals surface area contributed by atoms with Crippen LogP contribution < -0.4 is 14.8 Å². The van der Waals surface area contributed by atoms with Gasteiger partial charge < -0.3 is 14.5 Å². The van der Waals surface area contributed by atoms with Crippen molar-refractivity contribution < 1.29 is 35.5 Å². The molecule has 0 aliphatic carbocycles. The molecule has 2 N–H and O–H groups in total. The van der Waals surface area contributed by atoms with Crippen molar-refractivity contribution in [3.05, 3.63) is 59.2 Å². The summed E-state index contributed by atoms with van der Waals surface area (Å²) in [7, 11) is -2.35. The molecule has 0 bridgehead atoms. The molecule has 2 aromatic carbocycles. The van der Waals surface area contributed by atoms with Gasteiger partial charge in [-0.25, -0.2) is 9.53 Å². The highest BCUT2D eigenvalue weighted by Crippen LogP contribution is 2.45. The number of amides is 1. The number of methoxy groups -OCH3 is 1. The third-order valence-electron chi connectivity index (χ3n) is 9.72. The van der Waals surface area contributed by atoms with Crippen LogP contribution >= 0.6 is 0 Å². The van der Waals surface area contributed by atoms with Gasteiger partial charge in [-0.3, -0.25) is 9.69 Å². The van der Waals surface area contributed by atoms with Crippen molar-refractivity contribution in [3.63, 3.8) is 0 Å². The lowest BCUT2D eigenvalue weighted by Gasteiger charge is -2.40. The van der Waals surface area contributed by atoms with Gasteiger partial charge in [-0.2, -0.15) is 25.9 Å². The third kappa shape index (κ3) is 6.99. The number of nitrogens with two attached hydrogens (primary N) is 1. The van der Waals surface area contributed by atoms with Crippen LogP contribution in [0, 0.1) is 0 Å². The number of hydrogen-bond acceptors (Lipinski definition) is 6. The van der Waals surface area contributed by atoms with E-state index >= 15 is 4.39 Å². The van der Waals surface area contributed by atoms with Crippen LogP contribution in [0.2, 0.25) is 0 Å². The lowest BCUT2D eigenvalue weighted by atomic mass is 9.83. The fourth-order valence-corrected chi connectivity index (χ4v) is 7.60. The van der Waals surface area contributed by atoms with E-state index in [9.17, 15) is 26.4 Å². The first-order valence-corrected chi connectivity index (χ1v) is 17.0. The zero-order valence-corrected chi connectivity index (χ0v) is 27.5. The Balaban J connectivity index is 1.36. The number of carbonyl (C=O) groups excluding carboxylic acids is 1. The Morgan fingerprint density at radius 1 is 0.957 bits per heavy atom. The van der Waals surface area contributed by atoms with Crippen molar-refractivity contribution in [2.24, 2.45) is 5.14 Å². The van der Waals surface area contributed by atoms with Gasteiger partial charge in [-0.05, 0) is 74.9 Å². The summed E-state index contributed by atoms with van der Waals surface area (Å²) in [6, 6.07) is 10.8. The van der Waals surface area contributed by atoms with Gasteiger partial charge in [-0.1, -0.05) is 18.2 Å². The van der Waals surface area contributed by atoms with Crippen LogP contribution in [-0.4, -0.2) is 99.1 Å². The number of carbonyl (C=O) groups is 1. The Labute approximate surface area is 268 Å². The van der Waals surface area contributed by atoms with Crippen LogP contribution in [0.5, 0.6) is 5.75 Å². The maximum Gasteiger partial charge on any atom is 0.416 e. The molecule has 0 radical (unpaired) electrons. The summed E-state index contributed by atoms with van der Waals surface area (Å²) in [5.41, 5.74) is -1.49. The van der Waals surface area contributed by atoms with Gasteiger partial charge in [0.1, 0.15) is 5.75 Å². The van der Waals surface area contributed by atoms with Crippen LogP contribution in [-0.2, 0) is 21.2 Å². The second-order valence-electron chi connectivity index (χ2n) is 13.5. The van der Waals surface area contributed by atoms with Gasteiger partial charge in [-0.15, -0.1) is 0 Å². The van der Waals surface area contributed by atoms with E-state index in [0.29, 0.717) is 36.4 Å². The minimum absolute atomic E-state index is 0.0422. The molecular weight excluding hydrogens is 626 g/mol. The van der Waals surface area contributed by atoms with E-state index in [0.717, 1.165) is 22.0 Å². The number of likely N-dealkylation sites (tertiary alicyclic amines) is 2. The lowest BCUT2D eigenvalue weighted by molar-refractivity contribution is -0.145. The van der Waals surface area contributed by atoms with E-state index < -0.39 is 39.4 Å². The van der Waals surface area contributed by atoms with E-state index in [1.807, 2.05) is 25.7 Å². The number of piperidine rings is 1. The topological polar surface area (TPSA) is 99.4 Å². The minimum atomic E-state index is -4.55. The molecule has 1 amide bonds. The van der Waals surface area contributed by atoms with Crippen molar-refractivity contribution in [2.75, 3.05) is 64.4 Å². The summed E-state index contributed by atoms with van der Waals surface area (Å²) in [6.45, 7) is 7.33. The fraction of sp³-hybridized carbons (Fsp3) is 0.594. The highest BCUT2D eigenvalue weighted by Gasteiger charge is 2.57. The molecule has 2 atom stereocenters. The van der Waals surface area contributed by atoms with E-state index in [1.165, 1.54) is 6.07 Å². The molecular formula is C32H43F4N5O4S. The maximum absolute atomic E-state index is 17.2. The summed E-state index contributed by atoms with van der Waals surface area (Å²) in [5.74, 6) is -0.771. The van der Waals surface area contributed by atoms with Crippen LogP contribution in [0.1, 0.15) is 62.1 Å². The van der Waals surface area contributed by atoms with Crippen LogP contribution in [0.3, 0.4) is 0 Å². The van der Waals surface area contributed by atoms with E-state index in [4.69, 9.17) is 9.88 Å². The smallest absolute Gasteiger partial charge is 0.416 e. The molecule has 2 aromatic rings. The van der Waals surface area contributed by atoms with Crippen LogP contribution in [0.15, 0.2) is 42.5 Å². The van der Waals surface area contributed by atoms with E-state index in [-0.39, 0.29) is 57.3 Å².